The number of benzene rings is 2. The van der Waals surface area contributed by atoms with Crippen LogP contribution in [-0.4, -0.2) is 40.7 Å². The maximum atomic E-state index is 13.3. The minimum Gasteiger partial charge on any atom is -0.268 e. The first kappa shape index (κ1) is 22.0. The summed E-state index contributed by atoms with van der Waals surface area (Å²) < 4.78 is 28.6. The van der Waals surface area contributed by atoms with Gasteiger partial charge in [-0.1, -0.05) is 53.2 Å². The molecule has 1 amide bonds. The molecule has 1 aliphatic rings. The molecule has 1 aliphatic carbocycles. The highest BCUT2D eigenvalue weighted by Gasteiger charge is 2.31. The lowest BCUT2D eigenvalue weighted by Gasteiger charge is -2.23. The average Bonchev–Trinajstić information content (AvgIpc) is 3.27. The van der Waals surface area contributed by atoms with Crippen LogP contribution in [0.15, 0.2) is 71.3 Å². The molecule has 7 nitrogen and oxygen atoms in total. The van der Waals surface area contributed by atoms with E-state index in [1.807, 2.05) is 43.5 Å². The van der Waals surface area contributed by atoms with Gasteiger partial charge in [-0.2, -0.15) is 0 Å². The monoisotopic (exact) mass is 450 g/mol. The molecular formula is C24H26N4O3S. The number of amides is 1. The number of allylic oxidation sites excluding steroid dienone is 1. The number of likely N-dealkylation sites (N-methyl/N-ethyl adjacent to an activating group) is 1. The van der Waals surface area contributed by atoms with Gasteiger partial charge in [0.15, 0.2) is 0 Å². The van der Waals surface area contributed by atoms with E-state index in [0.29, 0.717) is 30.7 Å². The Bertz CT molecular complexity index is 1250. The van der Waals surface area contributed by atoms with Crippen LogP contribution in [0.25, 0.3) is 5.57 Å². The lowest BCUT2D eigenvalue weighted by Crippen LogP contribution is -2.35. The fourth-order valence-electron chi connectivity index (χ4n) is 3.88. The third-order valence-corrected chi connectivity index (χ3v) is 7.48. The van der Waals surface area contributed by atoms with Gasteiger partial charge in [-0.3, -0.25) is 4.79 Å². The van der Waals surface area contributed by atoms with Crippen LogP contribution in [0.4, 0.5) is 0 Å². The number of nitrogens with zero attached hydrogens (tertiary/aromatic N) is 4. The van der Waals surface area contributed by atoms with E-state index in [0.717, 1.165) is 33.8 Å². The van der Waals surface area contributed by atoms with E-state index in [1.165, 1.54) is 19.2 Å². The maximum Gasteiger partial charge on any atom is 0.266 e. The number of aromatic nitrogens is 3. The number of rotatable bonds is 6. The first-order valence-electron chi connectivity index (χ1n) is 10.6. The summed E-state index contributed by atoms with van der Waals surface area (Å²) >= 11 is 0. The van der Waals surface area contributed by atoms with Gasteiger partial charge in [-0.25, -0.2) is 17.4 Å². The molecule has 0 unspecified atom stereocenters. The van der Waals surface area contributed by atoms with E-state index in [-0.39, 0.29) is 4.90 Å². The minimum atomic E-state index is -3.94. The second-order valence-corrected chi connectivity index (χ2v) is 10.0. The van der Waals surface area contributed by atoms with E-state index in [4.69, 9.17) is 0 Å². The van der Waals surface area contributed by atoms with Gasteiger partial charge in [0, 0.05) is 12.6 Å². The van der Waals surface area contributed by atoms with Crippen LogP contribution in [0, 0.1) is 6.92 Å². The SMILES string of the molecule is Cc1ccc(S(=O)(=O)N(C)C(=O)C2=C(c3cn(Cc4ccccc4)nn3)CCCC2)cc1. The fourth-order valence-corrected chi connectivity index (χ4v) is 5.00. The molecule has 4 rings (SSSR count). The molecule has 0 N–H and O–H groups in total. The molecule has 3 aromatic rings. The third-order valence-electron chi connectivity index (χ3n) is 5.73. The molecular weight excluding hydrogens is 424 g/mol. The van der Waals surface area contributed by atoms with Gasteiger partial charge in [-0.15, -0.1) is 5.10 Å². The number of sulfonamides is 1. The van der Waals surface area contributed by atoms with E-state index >= 15 is 0 Å². The summed E-state index contributed by atoms with van der Waals surface area (Å²) in [5.41, 5.74) is 3.97. The van der Waals surface area contributed by atoms with Crippen molar-refractivity contribution < 1.29 is 13.2 Å². The molecule has 0 bridgehead atoms. The summed E-state index contributed by atoms with van der Waals surface area (Å²) in [5.74, 6) is -0.502. The maximum absolute atomic E-state index is 13.3. The Hall–Kier alpha value is -3.26. The summed E-state index contributed by atoms with van der Waals surface area (Å²) in [5, 5.41) is 8.51. The van der Waals surface area contributed by atoms with Crippen LogP contribution < -0.4 is 0 Å². The van der Waals surface area contributed by atoms with Crippen LogP contribution in [0.5, 0.6) is 0 Å². The molecule has 32 heavy (non-hydrogen) atoms. The van der Waals surface area contributed by atoms with Crippen LogP contribution in [0.2, 0.25) is 0 Å². The molecule has 0 saturated carbocycles. The van der Waals surface area contributed by atoms with Gasteiger partial charge in [0.1, 0.15) is 5.69 Å². The summed E-state index contributed by atoms with van der Waals surface area (Å²) in [7, 11) is -2.61. The highest BCUT2D eigenvalue weighted by molar-refractivity contribution is 7.89. The minimum absolute atomic E-state index is 0.103. The van der Waals surface area contributed by atoms with Gasteiger partial charge in [0.2, 0.25) is 0 Å². The Morgan fingerprint density at radius 1 is 1.03 bits per heavy atom. The molecule has 2 aromatic carbocycles. The largest absolute Gasteiger partial charge is 0.268 e. The Morgan fingerprint density at radius 3 is 2.44 bits per heavy atom. The van der Waals surface area contributed by atoms with Crippen LogP contribution in [0.3, 0.4) is 0 Å². The number of aryl methyl sites for hydroxylation is 1. The van der Waals surface area contributed by atoms with Crippen molar-refractivity contribution in [2.24, 2.45) is 0 Å². The van der Waals surface area contributed by atoms with Crippen LogP contribution in [0.1, 0.15) is 42.5 Å². The molecule has 166 valence electrons. The second-order valence-electron chi connectivity index (χ2n) is 8.04. The molecule has 1 heterocycles. The number of hydrogen-bond donors (Lipinski definition) is 0. The lowest BCUT2D eigenvalue weighted by atomic mass is 9.89. The molecule has 0 radical (unpaired) electrons. The van der Waals surface area contributed by atoms with Gasteiger partial charge in [0.25, 0.3) is 15.9 Å². The van der Waals surface area contributed by atoms with E-state index < -0.39 is 15.9 Å². The van der Waals surface area contributed by atoms with Crippen molar-refractivity contribution in [3.05, 3.63) is 83.2 Å². The third kappa shape index (κ3) is 4.50. The van der Waals surface area contributed by atoms with Gasteiger partial charge < -0.3 is 0 Å². The van der Waals surface area contributed by atoms with Crippen molar-refractivity contribution >= 4 is 21.5 Å². The number of hydrogen-bond acceptors (Lipinski definition) is 5. The first-order valence-corrected chi connectivity index (χ1v) is 12.1. The Kier molecular flexibility index (Phi) is 6.23. The Labute approximate surface area is 188 Å². The summed E-state index contributed by atoms with van der Waals surface area (Å²) in [6, 6.07) is 16.4. The quantitative estimate of drug-likeness (QED) is 0.570. The summed E-state index contributed by atoms with van der Waals surface area (Å²) in [4.78, 5) is 13.4. The van der Waals surface area contributed by atoms with E-state index in [2.05, 4.69) is 10.3 Å². The number of carbonyl (C=O) groups is 1. The molecule has 8 heteroatoms. The van der Waals surface area contributed by atoms with Crippen molar-refractivity contribution in [2.45, 2.75) is 44.0 Å². The topological polar surface area (TPSA) is 85.2 Å². The van der Waals surface area contributed by atoms with E-state index in [1.54, 1.807) is 16.8 Å². The average molecular weight is 451 g/mol. The number of carbonyl (C=O) groups excluding carboxylic acids is 1. The molecule has 0 aliphatic heterocycles. The zero-order valence-corrected chi connectivity index (χ0v) is 19.0. The molecule has 1 aromatic heterocycles. The van der Waals surface area contributed by atoms with E-state index in [9.17, 15) is 13.2 Å². The van der Waals surface area contributed by atoms with Crippen molar-refractivity contribution in [3.8, 4) is 0 Å². The lowest BCUT2D eigenvalue weighted by molar-refractivity contribution is -0.122. The predicted octanol–water partition coefficient (Wildman–Crippen LogP) is 3.81. The fraction of sp³-hybridized carbons (Fsp3) is 0.292. The summed E-state index contributed by atoms with van der Waals surface area (Å²) in [6.07, 6.45) is 4.78. The normalized spacial score (nSPS) is 14.4. The Balaban J connectivity index is 1.62. The Morgan fingerprint density at radius 2 is 1.72 bits per heavy atom. The van der Waals surface area contributed by atoms with Crippen molar-refractivity contribution in [2.75, 3.05) is 7.05 Å². The second kappa shape index (κ2) is 9.08. The van der Waals surface area contributed by atoms with Gasteiger partial charge in [-0.05, 0) is 55.9 Å². The zero-order valence-electron chi connectivity index (χ0n) is 18.2. The molecule has 0 atom stereocenters. The van der Waals surface area contributed by atoms with Crippen molar-refractivity contribution in [1.82, 2.24) is 19.3 Å². The smallest absolute Gasteiger partial charge is 0.266 e. The first-order chi connectivity index (χ1) is 15.4. The zero-order chi connectivity index (χ0) is 22.7. The molecule has 0 saturated heterocycles. The van der Waals surface area contributed by atoms with Crippen LogP contribution in [-0.2, 0) is 21.4 Å². The molecule has 0 spiro atoms. The van der Waals surface area contributed by atoms with Crippen LogP contribution >= 0.6 is 0 Å². The van der Waals surface area contributed by atoms with Gasteiger partial charge in [0.05, 0.1) is 17.6 Å². The highest BCUT2D eigenvalue weighted by atomic mass is 32.2. The summed E-state index contributed by atoms with van der Waals surface area (Å²) in [6.45, 7) is 2.46. The van der Waals surface area contributed by atoms with Crippen molar-refractivity contribution in [3.63, 3.8) is 0 Å². The van der Waals surface area contributed by atoms with Crippen molar-refractivity contribution in [1.29, 1.82) is 0 Å². The predicted molar refractivity (Wildman–Crippen MR) is 122 cm³/mol. The standard InChI is InChI=1S/C24H26N4O3S/c1-18-12-14-20(15-13-18)32(30,31)27(2)24(29)22-11-7-6-10-21(22)23-17-28(26-25-23)16-19-8-4-3-5-9-19/h3-5,8-9,12-15,17H,6-7,10-11,16H2,1-2H3. The van der Waals surface area contributed by atoms with Gasteiger partial charge >= 0.3 is 0 Å². The molecule has 0 fully saturated rings. The highest BCUT2D eigenvalue weighted by Crippen LogP contribution is 2.33.